The number of benzene rings is 1. The Morgan fingerprint density at radius 3 is 2.57 bits per heavy atom. The van der Waals surface area contributed by atoms with Gasteiger partial charge in [0, 0.05) is 31.9 Å². The Balaban J connectivity index is 1.68. The number of nitrogens with two attached hydrogens (primary N) is 1. The summed E-state index contributed by atoms with van der Waals surface area (Å²) in [6.45, 7) is 0.936. The molecule has 0 aliphatic carbocycles. The Morgan fingerprint density at radius 1 is 1.19 bits per heavy atom. The van der Waals surface area contributed by atoms with Crippen LogP contribution in [0.25, 0.3) is 11.0 Å². The van der Waals surface area contributed by atoms with E-state index in [0.29, 0.717) is 37.8 Å². The molecule has 1 aliphatic rings. The summed E-state index contributed by atoms with van der Waals surface area (Å²) >= 11 is 0. The van der Waals surface area contributed by atoms with Crippen LogP contribution in [-0.2, 0) is 0 Å². The average Bonchev–Trinajstić information content (AvgIpc) is 2.80. The number of imidazole rings is 1. The van der Waals surface area contributed by atoms with Crippen molar-refractivity contribution in [2.24, 2.45) is 0 Å². The van der Waals surface area contributed by atoms with Gasteiger partial charge in [-0.3, -0.25) is 4.90 Å². The van der Waals surface area contributed by atoms with Gasteiger partial charge < -0.3 is 15.6 Å². The first-order valence-corrected chi connectivity index (χ1v) is 6.70. The topological polar surface area (TPSA) is 61.2 Å². The van der Waals surface area contributed by atoms with E-state index in [1.807, 2.05) is 11.0 Å². The maximum absolute atomic E-state index is 12.4. The summed E-state index contributed by atoms with van der Waals surface area (Å²) in [6, 6.07) is 5.39. The number of aromatic amines is 1. The second kappa shape index (κ2) is 5.10. The van der Waals surface area contributed by atoms with E-state index in [4.69, 9.17) is 5.73 Å². The van der Waals surface area contributed by atoms with Crippen molar-refractivity contribution in [3.63, 3.8) is 0 Å². The fourth-order valence-electron chi connectivity index (χ4n) is 2.53. The third-order valence-corrected chi connectivity index (χ3v) is 3.57. The molecule has 1 aromatic heterocycles. The first-order valence-electron chi connectivity index (χ1n) is 6.70. The van der Waals surface area contributed by atoms with Crippen LogP contribution in [-0.4, -0.2) is 53.8 Å². The van der Waals surface area contributed by atoms with E-state index >= 15 is 0 Å². The lowest BCUT2D eigenvalue weighted by Crippen LogP contribution is -2.49. The van der Waals surface area contributed by atoms with Gasteiger partial charge in [0.15, 0.2) is 0 Å². The molecule has 114 valence electrons. The van der Waals surface area contributed by atoms with E-state index < -0.39 is 12.7 Å². The molecular formula is C13H16F3N5. The second-order valence-electron chi connectivity index (χ2n) is 5.22. The number of nitrogens with one attached hydrogen (secondary N) is 1. The van der Waals surface area contributed by atoms with Crippen LogP contribution in [0.3, 0.4) is 0 Å². The molecule has 2 aromatic rings. The minimum Gasteiger partial charge on any atom is -0.399 e. The molecule has 0 bridgehead atoms. The number of aromatic nitrogens is 2. The molecule has 0 spiro atoms. The predicted octanol–water partition coefficient (Wildman–Crippen LogP) is 1.83. The summed E-state index contributed by atoms with van der Waals surface area (Å²) < 4.78 is 37.1. The molecule has 0 atom stereocenters. The average molecular weight is 299 g/mol. The number of rotatable bonds is 2. The zero-order valence-corrected chi connectivity index (χ0v) is 11.3. The number of halogens is 3. The van der Waals surface area contributed by atoms with Gasteiger partial charge in [-0.05, 0) is 18.2 Å². The van der Waals surface area contributed by atoms with Crippen LogP contribution in [0.15, 0.2) is 18.2 Å². The van der Waals surface area contributed by atoms with Crippen LogP contribution < -0.4 is 10.6 Å². The maximum Gasteiger partial charge on any atom is 0.401 e. The number of H-pyrrole nitrogens is 1. The summed E-state index contributed by atoms with van der Waals surface area (Å²) in [5.74, 6) is 0.683. The first kappa shape index (κ1) is 14.0. The maximum atomic E-state index is 12.4. The molecule has 1 fully saturated rings. The summed E-state index contributed by atoms with van der Waals surface area (Å²) in [6.07, 6.45) is -4.14. The predicted molar refractivity (Wildman–Crippen MR) is 75.2 cm³/mol. The van der Waals surface area contributed by atoms with Crippen molar-refractivity contribution < 1.29 is 13.2 Å². The zero-order chi connectivity index (χ0) is 15.0. The highest BCUT2D eigenvalue weighted by Gasteiger charge is 2.32. The van der Waals surface area contributed by atoms with E-state index in [-0.39, 0.29) is 0 Å². The van der Waals surface area contributed by atoms with Gasteiger partial charge >= 0.3 is 6.18 Å². The lowest BCUT2D eigenvalue weighted by molar-refractivity contribution is -0.146. The molecule has 2 heterocycles. The number of nitrogens with zero attached hydrogens (tertiary/aromatic N) is 3. The molecule has 0 unspecified atom stereocenters. The van der Waals surface area contributed by atoms with Crippen LogP contribution in [0.5, 0.6) is 0 Å². The number of piperazine rings is 1. The van der Waals surface area contributed by atoms with Crippen molar-refractivity contribution in [1.29, 1.82) is 0 Å². The van der Waals surface area contributed by atoms with Crippen molar-refractivity contribution in [3.05, 3.63) is 18.2 Å². The molecule has 3 N–H and O–H groups in total. The highest BCUT2D eigenvalue weighted by atomic mass is 19.4. The number of hydrogen-bond acceptors (Lipinski definition) is 4. The van der Waals surface area contributed by atoms with Gasteiger partial charge in [-0.15, -0.1) is 0 Å². The fraction of sp³-hybridized carbons (Fsp3) is 0.462. The van der Waals surface area contributed by atoms with Crippen LogP contribution in [0.1, 0.15) is 0 Å². The van der Waals surface area contributed by atoms with E-state index in [2.05, 4.69) is 9.97 Å². The minimum absolute atomic E-state index is 0.374. The van der Waals surface area contributed by atoms with E-state index in [0.717, 1.165) is 11.0 Å². The highest BCUT2D eigenvalue weighted by Crippen LogP contribution is 2.22. The molecule has 0 saturated carbocycles. The molecule has 1 aliphatic heterocycles. The Kier molecular flexibility index (Phi) is 3.40. The monoisotopic (exact) mass is 299 g/mol. The number of fused-ring (bicyclic) bond motifs is 1. The van der Waals surface area contributed by atoms with Gasteiger partial charge in [0.25, 0.3) is 0 Å². The minimum atomic E-state index is -4.14. The first-order chi connectivity index (χ1) is 9.90. The van der Waals surface area contributed by atoms with Crippen LogP contribution in [0.2, 0.25) is 0 Å². The Hall–Kier alpha value is -1.96. The molecular weight excluding hydrogens is 283 g/mol. The molecule has 3 rings (SSSR count). The van der Waals surface area contributed by atoms with E-state index in [1.165, 1.54) is 4.90 Å². The van der Waals surface area contributed by atoms with Crippen molar-refractivity contribution in [1.82, 2.24) is 14.9 Å². The van der Waals surface area contributed by atoms with E-state index in [9.17, 15) is 13.2 Å². The van der Waals surface area contributed by atoms with Crippen molar-refractivity contribution in [2.45, 2.75) is 6.18 Å². The summed E-state index contributed by atoms with van der Waals surface area (Å²) in [5, 5.41) is 0. The third-order valence-electron chi connectivity index (χ3n) is 3.57. The SMILES string of the molecule is Nc1ccc2nc(N3CCN(CC(F)(F)F)CC3)[nH]c2c1. The van der Waals surface area contributed by atoms with Gasteiger partial charge in [0.2, 0.25) is 5.95 Å². The largest absolute Gasteiger partial charge is 0.401 e. The van der Waals surface area contributed by atoms with Crippen LogP contribution in [0.4, 0.5) is 24.8 Å². The number of alkyl halides is 3. The molecule has 21 heavy (non-hydrogen) atoms. The summed E-state index contributed by atoms with van der Waals surface area (Å²) in [7, 11) is 0. The molecule has 1 aromatic carbocycles. The fourth-order valence-corrected chi connectivity index (χ4v) is 2.53. The standard InChI is InChI=1S/C13H16F3N5/c14-13(15,16)8-20-3-5-21(6-4-20)12-18-10-2-1-9(17)7-11(10)19-12/h1-2,7H,3-6,8,17H2,(H,18,19). The normalized spacial score (nSPS) is 17.6. The molecule has 1 saturated heterocycles. The smallest absolute Gasteiger partial charge is 0.399 e. The Bertz CT molecular complexity index is 628. The summed E-state index contributed by atoms with van der Waals surface area (Å²) in [4.78, 5) is 11.0. The quantitative estimate of drug-likeness (QED) is 0.831. The van der Waals surface area contributed by atoms with Gasteiger partial charge in [-0.2, -0.15) is 13.2 Å². The molecule has 0 amide bonds. The number of hydrogen-bond donors (Lipinski definition) is 2. The number of anilines is 2. The molecule has 0 radical (unpaired) electrons. The Morgan fingerprint density at radius 2 is 1.90 bits per heavy atom. The summed E-state index contributed by atoms with van der Waals surface area (Å²) in [5.41, 5.74) is 8.00. The molecule has 5 nitrogen and oxygen atoms in total. The van der Waals surface area contributed by atoms with Crippen molar-refractivity contribution >= 4 is 22.7 Å². The Labute approximate surface area is 119 Å². The van der Waals surface area contributed by atoms with Gasteiger partial charge in [-0.1, -0.05) is 0 Å². The van der Waals surface area contributed by atoms with Crippen molar-refractivity contribution in [2.75, 3.05) is 43.4 Å². The van der Waals surface area contributed by atoms with Gasteiger partial charge in [-0.25, -0.2) is 4.98 Å². The van der Waals surface area contributed by atoms with E-state index in [1.54, 1.807) is 12.1 Å². The third kappa shape index (κ3) is 3.21. The molecule has 8 heteroatoms. The van der Waals surface area contributed by atoms with Crippen LogP contribution in [0, 0.1) is 0 Å². The van der Waals surface area contributed by atoms with Crippen molar-refractivity contribution in [3.8, 4) is 0 Å². The lowest BCUT2D eigenvalue weighted by atomic mass is 10.3. The highest BCUT2D eigenvalue weighted by molar-refractivity contribution is 5.80. The lowest BCUT2D eigenvalue weighted by Gasteiger charge is -2.34. The van der Waals surface area contributed by atoms with Gasteiger partial charge in [0.1, 0.15) is 0 Å². The van der Waals surface area contributed by atoms with Gasteiger partial charge in [0.05, 0.1) is 17.6 Å². The number of nitrogen functional groups attached to an aromatic ring is 1. The van der Waals surface area contributed by atoms with Crippen LogP contribution >= 0.6 is 0 Å². The zero-order valence-electron chi connectivity index (χ0n) is 11.3. The second-order valence-corrected chi connectivity index (χ2v) is 5.22.